The quantitative estimate of drug-likeness (QED) is 0.317. The molecule has 1 N–H and O–H groups in total. The van der Waals surface area contributed by atoms with Gasteiger partial charge in [0.25, 0.3) is 0 Å². The van der Waals surface area contributed by atoms with Crippen molar-refractivity contribution in [3.8, 4) is 17.1 Å². The van der Waals surface area contributed by atoms with Gasteiger partial charge < -0.3 is 14.6 Å². The second-order valence-electron chi connectivity index (χ2n) is 7.98. The van der Waals surface area contributed by atoms with Crippen LogP contribution in [0.25, 0.3) is 11.4 Å². The number of rotatable bonds is 9. The van der Waals surface area contributed by atoms with Crippen LogP contribution in [-0.4, -0.2) is 33.5 Å². The number of halogens is 1. The molecule has 8 heteroatoms. The van der Waals surface area contributed by atoms with Gasteiger partial charge in [-0.1, -0.05) is 60.3 Å². The number of methoxy groups -OCH3 is 1. The molecule has 0 saturated carbocycles. The van der Waals surface area contributed by atoms with Gasteiger partial charge in [-0.05, 0) is 54.8 Å². The van der Waals surface area contributed by atoms with E-state index in [1.807, 2.05) is 66.9 Å². The molecule has 0 aliphatic heterocycles. The molecular weight excluding hydrogens is 463 g/mol. The van der Waals surface area contributed by atoms with Crippen LogP contribution in [0.4, 0.5) is 4.39 Å². The molecule has 0 aliphatic carbocycles. The summed E-state index contributed by atoms with van der Waals surface area (Å²) in [5, 5.41) is 12.5. The number of nitrogens with one attached hydrogen (secondary N) is 1. The van der Waals surface area contributed by atoms with E-state index in [0.717, 1.165) is 33.8 Å². The number of carbonyl (C=O) groups excluding carboxylic acids is 1. The average Bonchev–Trinajstić information content (AvgIpc) is 3.29. The number of aryl methyl sites for hydroxylation is 1. The van der Waals surface area contributed by atoms with Crippen LogP contribution in [0.3, 0.4) is 0 Å². The number of hydrogen-bond acceptors (Lipinski definition) is 5. The van der Waals surface area contributed by atoms with Gasteiger partial charge in [-0.2, -0.15) is 0 Å². The van der Waals surface area contributed by atoms with E-state index < -0.39 is 6.04 Å². The molecule has 1 unspecified atom stereocenters. The fraction of sp³-hybridized carbons (Fsp3) is 0.222. The van der Waals surface area contributed by atoms with Crippen LogP contribution in [0.15, 0.2) is 78.0 Å². The van der Waals surface area contributed by atoms with Crippen LogP contribution < -0.4 is 10.1 Å². The minimum absolute atomic E-state index is 0.164. The predicted octanol–water partition coefficient (Wildman–Crippen LogP) is 5.42. The van der Waals surface area contributed by atoms with E-state index >= 15 is 0 Å². The van der Waals surface area contributed by atoms with E-state index in [2.05, 4.69) is 15.5 Å². The lowest BCUT2D eigenvalue weighted by Gasteiger charge is -2.20. The molecule has 1 heterocycles. The smallest absolute Gasteiger partial charge is 0.231 e. The SMILES string of the molecule is CCn1c(SCC(=O)NC(c2ccc(F)cc2)c2ccc(OC)cc2)nnc1-c1ccccc1C. The Bertz CT molecular complexity index is 1290. The number of benzene rings is 3. The zero-order valence-corrected chi connectivity index (χ0v) is 20.7. The van der Waals surface area contributed by atoms with E-state index in [4.69, 9.17) is 4.74 Å². The van der Waals surface area contributed by atoms with Crippen LogP contribution in [0.5, 0.6) is 5.75 Å². The topological polar surface area (TPSA) is 69.0 Å². The highest BCUT2D eigenvalue weighted by atomic mass is 32.2. The number of ether oxygens (including phenoxy) is 1. The average molecular weight is 491 g/mol. The second-order valence-corrected chi connectivity index (χ2v) is 8.92. The Morgan fingerprint density at radius 3 is 2.31 bits per heavy atom. The summed E-state index contributed by atoms with van der Waals surface area (Å²) in [6.45, 7) is 4.76. The molecule has 0 fully saturated rings. The largest absolute Gasteiger partial charge is 0.497 e. The lowest BCUT2D eigenvalue weighted by molar-refractivity contribution is -0.119. The molecule has 0 spiro atoms. The maximum absolute atomic E-state index is 13.5. The molecule has 4 aromatic rings. The van der Waals surface area contributed by atoms with Crippen molar-refractivity contribution in [3.05, 3.63) is 95.3 Å². The molecular formula is C27H27FN4O2S. The van der Waals surface area contributed by atoms with Crippen molar-refractivity contribution in [2.75, 3.05) is 12.9 Å². The van der Waals surface area contributed by atoms with Crippen molar-refractivity contribution in [2.24, 2.45) is 0 Å². The van der Waals surface area contributed by atoms with Crippen LogP contribution in [0, 0.1) is 12.7 Å². The van der Waals surface area contributed by atoms with Gasteiger partial charge in [0.2, 0.25) is 5.91 Å². The van der Waals surface area contributed by atoms with Crippen molar-refractivity contribution in [1.82, 2.24) is 20.1 Å². The molecule has 1 amide bonds. The zero-order chi connectivity index (χ0) is 24.8. The first-order valence-corrected chi connectivity index (χ1v) is 12.3. The minimum Gasteiger partial charge on any atom is -0.497 e. The second kappa shape index (κ2) is 11.2. The molecule has 35 heavy (non-hydrogen) atoms. The number of nitrogens with zero attached hydrogens (tertiary/aromatic N) is 3. The Hall–Kier alpha value is -3.65. The summed E-state index contributed by atoms with van der Waals surface area (Å²) in [6.07, 6.45) is 0. The third-order valence-corrected chi connectivity index (χ3v) is 6.68. The molecule has 1 atom stereocenters. The molecule has 1 aromatic heterocycles. The highest BCUT2D eigenvalue weighted by Gasteiger charge is 2.20. The van der Waals surface area contributed by atoms with Gasteiger partial charge in [0, 0.05) is 12.1 Å². The van der Waals surface area contributed by atoms with E-state index in [0.29, 0.717) is 11.7 Å². The number of hydrogen-bond donors (Lipinski definition) is 1. The van der Waals surface area contributed by atoms with E-state index in [9.17, 15) is 9.18 Å². The highest BCUT2D eigenvalue weighted by molar-refractivity contribution is 7.99. The number of amides is 1. The van der Waals surface area contributed by atoms with Crippen molar-refractivity contribution in [1.29, 1.82) is 0 Å². The van der Waals surface area contributed by atoms with Gasteiger partial charge in [0.05, 0.1) is 18.9 Å². The maximum Gasteiger partial charge on any atom is 0.231 e. The highest BCUT2D eigenvalue weighted by Crippen LogP contribution is 2.28. The third-order valence-electron chi connectivity index (χ3n) is 5.71. The maximum atomic E-state index is 13.5. The van der Waals surface area contributed by atoms with E-state index in [1.165, 1.54) is 23.9 Å². The Morgan fingerprint density at radius 2 is 1.69 bits per heavy atom. The number of carbonyl (C=O) groups is 1. The van der Waals surface area contributed by atoms with Crippen molar-refractivity contribution in [3.63, 3.8) is 0 Å². The summed E-state index contributed by atoms with van der Waals surface area (Å²) < 4.78 is 20.8. The first kappa shape index (κ1) is 24.5. The Labute approximate surface area is 208 Å². The van der Waals surface area contributed by atoms with Crippen LogP contribution in [0.1, 0.15) is 29.7 Å². The summed E-state index contributed by atoms with van der Waals surface area (Å²) in [5.41, 5.74) is 3.79. The van der Waals surface area contributed by atoms with Gasteiger partial charge in [-0.25, -0.2) is 4.39 Å². The molecule has 180 valence electrons. The molecule has 3 aromatic carbocycles. The molecule has 0 bridgehead atoms. The van der Waals surface area contributed by atoms with Crippen molar-refractivity contribution < 1.29 is 13.9 Å². The van der Waals surface area contributed by atoms with Gasteiger partial charge in [0.1, 0.15) is 11.6 Å². The number of aromatic nitrogens is 3. The standard InChI is InChI=1S/C27H27FN4O2S/c1-4-32-26(23-8-6-5-7-18(23)2)30-31-27(32)35-17-24(33)29-25(19-9-13-21(28)14-10-19)20-11-15-22(34-3)16-12-20/h5-16,25H,4,17H2,1-3H3,(H,29,33). The lowest BCUT2D eigenvalue weighted by Crippen LogP contribution is -2.30. The monoisotopic (exact) mass is 490 g/mol. The molecule has 4 rings (SSSR count). The lowest BCUT2D eigenvalue weighted by atomic mass is 9.98. The van der Waals surface area contributed by atoms with Gasteiger partial charge >= 0.3 is 0 Å². The Morgan fingerprint density at radius 1 is 1.03 bits per heavy atom. The molecule has 6 nitrogen and oxygen atoms in total. The Kier molecular flexibility index (Phi) is 7.82. The first-order valence-electron chi connectivity index (χ1n) is 11.3. The van der Waals surface area contributed by atoms with Gasteiger partial charge in [-0.3, -0.25) is 4.79 Å². The van der Waals surface area contributed by atoms with Gasteiger partial charge in [0.15, 0.2) is 11.0 Å². The van der Waals surface area contributed by atoms with Crippen LogP contribution >= 0.6 is 11.8 Å². The fourth-order valence-corrected chi connectivity index (χ4v) is 4.66. The number of thioether (sulfide) groups is 1. The minimum atomic E-state index is -0.429. The van der Waals surface area contributed by atoms with E-state index in [1.54, 1.807) is 19.2 Å². The summed E-state index contributed by atoms with van der Waals surface area (Å²) in [7, 11) is 1.60. The Balaban J connectivity index is 1.51. The summed E-state index contributed by atoms with van der Waals surface area (Å²) in [5.74, 6) is 1.18. The normalized spacial score (nSPS) is 11.8. The van der Waals surface area contributed by atoms with Gasteiger partial charge in [-0.15, -0.1) is 10.2 Å². The molecule has 0 radical (unpaired) electrons. The summed E-state index contributed by atoms with van der Waals surface area (Å²) in [6, 6.07) is 21.2. The van der Waals surface area contributed by atoms with Crippen molar-refractivity contribution >= 4 is 17.7 Å². The predicted molar refractivity (Wildman–Crippen MR) is 136 cm³/mol. The fourth-order valence-electron chi connectivity index (χ4n) is 3.85. The summed E-state index contributed by atoms with van der Waals surface area (Å²) >= 11 is 1.34. The molecule has 0 saturated heterocycles. The first-order chi connectivity index (χ1) is 17.0. The summed E-state index contributed by atoms with van der Waals surface area (Å²) in [4.78, 5) is 13.0. The van der Waals surface area contributed by atoms with Crippen LogP contribution in [0.2, 0.25) is 0 Å². The zero-order valence-electron chi connectivity index (χ0n) is 19.9. The molecule has 0 aliphatic rings. The van der Waals surface area contributed by atoms with Crippen molar-refractivity contribution in [2.45, 2.75) is 31.6 Å². The third kappa shape index (κ3) is 5.71. The van der Waals surface area contributed by atoms with E-state index in [-0.39, 0.29) is 17.5 Å². The van der Waals surface area contributed by atoms with Crippen LogP contribution in [-0.2, 0) is 11.3 Å².